The van der Waals surface area contributed by atoms with E-state index >= 15 is 0 Å². The quantitative estimate of drug-likeness (QED) is 0.841. The Morgan fingerprint density at radius 1 is 1.50 bits per heavy atom. The van der Waals surface area contributed by atoms with E-state index in [0.717, 1.165) is 5.69 Å². The van der Waals surface area contributed by atoms with Gasteiger partial charge in [0.15, 0.2) is 0 Å². The number of aromatic nitrogens is 2. The van der Waals surface area contributed by atoms with Gasteiger partial charge in [-0.1, -0.05) is 0 Å². The molecule has 2 rings (SSSR count). The van der Waals surface area contributed by atoms with E-state index in [1.54, 1.807) is 31.0 Å². The minimum atomic E-state index is -0.0243. The van der Waals surface area contributed by atoms with Gasteiger partial charge in [0, 0.05) is 12.7 Å². The Kier molecular flexibility index (Phi) is 2.65. The zero-order chi connectivity index (χ0) is 9.97. The maximum Gasteiger partial charge on any atom is 0.124 e. The summed E-state index contributed by atoms with van der Waals surface area (Å²) in [4.78, 5) is 7.07. The molecule has 1 unspecified atom stereocenters. The maximum absolute atomic E-state index is 5.46. The highest BCUT2D eigenvalue weighted by atomic mass is 32.1. The number of hydrogen-bond donors (Lipinski definition) is 1. The lowest BCUT2D eigenvalue weighted by molar-refractivity contribution is 0.133. The van der Waals surface area contributed by atoms with Crippen molar-refractivity contribution in [2.75, 3.05) is 7.11 Å². The molecule has 0 fully saturated rings. The Morgan fingerprint density at radius 2 is 2.36 bits per heavy atom. The predicted octanol–water partition coefficient (Wildman–Crippen LogP) is 2.52. The van der Waals surface area contributed by atoms with Crippen LogP contribution >= 0.6 is 11.3 Å². The summed E-state index contributed by atoms with van der Waals surface area (Å²) in [6, 6.07) is 0. The van der Waals surface area contributed by atoms with Crippen molar-refractivity contribution in [3.8, 4) is 0 Å². The number of nitrogens with one attached hydrogen (secondary N) is 1. The Morgan fingerprint density at radius 3 is 2.86 bits per heavy atom. The third-order valence-corrected chi connectivity index (χ3v) is 3.09. The average Bonchev–Trinajstić information content (AvgIpc) is 2.80. The van der Waals surface area contributed by atoms with Crippen molar-refractivity contribution in [1.29, 1.82) is 0 Å². The lowest BCUT2D eigenvalue weighted by atomic mass is 10.1. The van der Waals surface area contributed by atoms with Gasteiger partial charge in [-0.3, -0.25) is 0 Å². The number of ether oxygens (including phenoxy) is 1. The maximum atomic E-state index is 5.46. The fraction of sp³-hybridized carbons (Fsp3) is 0.300. The highest BCUT2D eigenvalue weighted by molar-refractivity contribution is 7.08. The van der Waals surface area contributed by atoms with Crippen LogP contribution in [-0.4, -0.2) is 17.1 Å². The van der Waals surface area contributed by atoms with E-state index in [0.29, 0.717) is 0 Å². The standard InChI is InChI=1S/C10H12N2OS/c1-7-4-14-5-8(7)10(13-2)9-3-11-6-12-9/h3-6,10H,1-2H3,(H,11,12). The molecule has 2 aromatic heterocycles. The molecule has 1 atom stereocenters. The number of rotatable bonds is 3. The van der Waals surface area contributed by atoms with E-state index in [4.69, 9.17) is 4.74 Å². The Hall–Kier alpha value is -1.13. The topological polar surface area (TPSA) is 37.9 Å². The smallest absolute Gasteiger partial charge is 0.124 e. The first-order valence-electron chi connectivity index (χ1n) is 4.36. The van der Waals surface area contributed by atoms with Crippen LogP contribution in [0.25, 0.3) is 0 Å². The SMILES string of the molecule is COC(c1cnc[nH]1)c1cscc1C. The van der Waals surface area contributed by atoms with Gasteiger partial charge in [-0.05, 0) is 23.2 Å². The molecule has 0 aliphatic heterocycles. The minimum absolute atomic E-state index is 0.0243. The third-order valence-electron chi connectivity index (χ3n) is 2.22. The van der Waals surface area contributed by atoms with Gasteiger partial charge in [0.1, 0.15) is 6.10 Å². The molecule has 0 aliphatic rings. The number of aryl methyl sites for hydroxylation is 1. The number of hydrogen-bond acceptors (Lipinski definition) is 3. The first-order chi connectivity index (χ1) is 6.83. The zero-order valence-electron chi connectivity index (χ0n) is 8.15. The van der Waals surface area contributed by atoms with Crippen LogP contribution in [0.4, 0.5) is 0 Å². The molecule has 0 spiro atoms. The number of H-pyrrole nitrogens is 1. The summed E-state index contributed by atoms with van der Waals surface area (Å²) in [5.41, 5.74) is 3.47. The molecule has 2 heterocycles. The molecule has 0 saturated carbocycles. The van der Waals surface area contributed by atoms with Gasteiger partial charge >= 0.3 is 0 Å². The van der Waals surface area contributed by atoms with Crippen molar-refractivity contribution in [3.05, 3.63) is 40.1 Å². The molecule has 2 aromatic rings. The molecular weight excluding hydrogens is 196 g/mol. The van der Waals surface area contributed by atoms with Gasteiger partial charge < -0.3 is 9.72 Å². The third kappa shape index (κ3) is 1.58. The van der Waals surface area contributed by atoms with Gasteiger partial charge in [0.2, 0.25) is 0 Å². The van der Waals surface area contributed by atoms with Gasteiger partial charge in [-0.2, -0.15) is 11.3 Å². The summed E-state index contributed by atoms with van der Waals surface area (Å²) in [7, 11) is 1.71. The van der Waals surface area contributed by atoms with E-state index in [1.165, 1.54) is 11.1 Å². The first kappa shape index (κ1) is 9.43. The van der Waals surface area contributed by atoms with E-state index < -0.39 is 0 Å². The van der Waals surface area contributed by atoms with Crippen LogP contribution in [0.5, 0.6) is 0 Å². The van der Waals surface area contributed by atoms with Crippen LogP contribution in [-0.2, 0) is 4.74 Å². The second-order valence-electron chi connectivity index (χ2n) is 3.13. The van der Waals surface area contributed by atoms with Gasteiger partial charge in [-0.15, -0.1) is 0 Å². The highest BCUT2D eigenvalue weighted by Crippen LogP contribution is 2.28. The fourth-order valence-electron chi connectivity index (χ4n) is 1.47. The second kappa shape index (κ2) is 3.94. The Balaban J connectivity index is 2.36. The number of thiophene rings is 1. The summed E-state index contributed by atoms with van der Waals surface area (Å²) in [5, 5.41) is 4.24. The van der Waals surface area contributed by atoms with Crippen molar-refractivity contribution in [2.24, 2.45) is 0 Å². The van der Waals surface area contributed by atoms with Crippen molar-refractivity contribution in [3.63, 3.8) is 0 Å². The van der Waals surface area contributed by atoms with Crippen LogP contribution in [0.2, 0.25) is 0 Å². The molecule has 3 nitrogen and oxygen atoms in total. The Labute approximate surface area is 86.8 Å². The molecule has 0 aliphatic carbocycles. The number of methoxy groups -OCH3 is 1. The average molecular weight is 208 g/mol. The van der Waals surface area contributed by atoms with Crippen LogP contribution in [0.3, 0.4) is 0 Å². The van der Waals surface area contributed by atoms with E-state index in [2.05, 4.69) is 27.7 Å². The molecular formula is C10H12N2OS. The molecule has 0 radical (unpaired) electrons. The van der Waals surface area contributed by atoms with Crippen molar-refractivity contribution >= 4 is 11.3 Å². The van der Waals surface area contributed by atoms with Crippen LogP contribution in [0, 0.1) is 6.92 Å². The lowest BCUT2D eigenvalue weighted by Gasteiger charge is -2.13. The van der Waals surface area contributed by atoms with Crippen LogP contribution in [0.15, 0.2) is 23.3 Å². The fourth-order valence-corrected chi connectivity index (χ4v) is 2.33. The number of nitrogens with zero attached hydrogens (tertiary/aromatic N) is 1. The van der Waals surface area contributed by atoms with E-state index in [9.17, 15) is 0 Å². The Bertz CT molecular complexity index is 394. The van der Waals surface area contributed by atoms with Crippen LogP contribution < -0.4 is 0 Å². The molecule has 0 bridgehead atoms. The van der Waals surface area contributed by atoms with Gasteiger partial charge in [0.25, 0.3) is 0 Å². The van der Waals surface area contributed by atoms with Gasteiger partial charge in [0.05, 0.1) is 18.2 Å². The summed E-state index contributed by atoms with van der Waals surface area (Å²) < 4.78 is 5.46. The van der Waals surface area contributed by atoms with Crippen LogP contribution in [0.1, 0.15) is 22.9 Å². The zero-order valence-corrected chi connectivity index (χ0v) is 8.97. The molecule has 0 saturated heterocycles. The summed E-state index contributed by atoms with van der Waals surface area (Å²) in [5.74, 6) is 0. The van der Waals surface area contributed by atoms with E-state index in [1.807, 2.05) is 0 Å². The molecule has 14 heavy (non-hydrogen) atoms. The van der Waals surface area contributed by atoms with E-state index in [-0.39, 0.29) is 6.10 Å². The predicted molar refractivity (Wildman–Crippen MR) is 56.5 cm³/mol. The highest BCUT2D eigenvalue weighted by Gasteiger charge is 2.16. The monoisotopic (exact) mass is 208 g/mol. The molecule has 74 valence electrons. The summed E-state index contributed by atoms with van der Waals surface area (Å²) >= 11 is 1.69. The molecule has 0 amide bonds. The van der Waals surface area contributed by atoms with Crippen molar-refractivity contribution < 1.29 is 4.74 Å². The summed E-state index contributed by atoms with van der Waals surface area (Å²) in [6.45, 7) is 2.09. The molecule has 4 heteroatoms. The lowest BCUT2D eigenvalue weighted by Crippen LogP contribution is -2.03. The molecule has 1 N–H and O–H groups in total. The number of imidazole rings is 1. The summed E-state index contributed by atoms with van der Waals surface area (Å²) in [6.07, 6.45) is 3.44. The van der Waals surface area contributed by atoms with Crippen molar-refractivity contribution in [2.45, 2.75) is 13.0 Å². The normalized spacial score (nSPS) is 13.0. The minimum Gasteiger partial charge on any atom is -0.370 e. The van der Waals surface area contributed by atoms with Crippen molar-refractivity contribution in [1.82, 2.24) is 9.97 Å². The van der Waals surface area contributed by atoms with Gasteiger partial charge in [-0.25, -0.2) is 4.98 Å². The second-order valence-corrected chi connectivity index (χ2v) is 3.88. The number of aromatic amines is 1. The molecule has 0 aromatic carbocycles. The first-order valence-corrected chi connectivity index (χ1v) is 5.31. The largest absolute Gasteiger partial charge is 0.370 e.